The molecule has 244 valence electrons. The fourth-order valence-electron chi connectivity index (χ4n) is 3.97. The lowest BCUT2D eigenvalue weighted by atomic mass is 9.97. The Morgan fingerprint density at radius 1 is 0.610 bits per heavy atom. The summed E-state index contributed by atoms with van der Waals surface area (Å²) in [6.07, 6.45) is -11.7. The minimum Gasteiger partial charge on any atom is -0.394 e. The van der Waals surface area contributed by atoms with Crippen LogP contribution in [0.2, 0.25) is 0 Å². The first kappa shape index (κ1) is 36.5. The van der Waals surface area contributed by atoms with Crippen LogP contribution in [0.15, 0.2) is 0 Å². The van der Waals surface area contributed by atoms with Crippen LogP contribution in [0.4, 0.5) is 0 Å². The van der Waals surface area contributed by atoms with E-state index < -0.39 is 61.7 Å². The van der Waals surface area contributed by atoms with Gasteiger partial charge in [0.05, 0.1) is 99.1 Å². The third-order valence-corrected chi connectivity index (χ3v) is 6.25. The van der Waals surface area contributed by atoms with E-state index in [1.165, 1.54) is 0 Å². The molecule has 0 radical (unpaired) electrons. The Morgan fingerprint density at radius 2 is 1.12 bits per heavy atom. The van der Waals surface area contributed by atoms with E-state index in [1.807, 2.05) is 0 Å². The number of hydrogen-bond donors (Lipinski definition) is 7. The van der Waals surface area contributed by atoms with Crippen molar-refractivity contribution in [2.45, 2.75) is 55.1 Å². The first-order valence-electron chi connectivity index (χ1n) is 13.6. The maximum Gasteiger partial charge on any atom is 0.187 e. The Bertz CT molecular complexity index is 636. The number of nitrogens with two attached hydrogens (primary N) is 1. The van der Waals surface area contributed by atoms with E-state index in [2.05, 4.69) is 0 Å². The van der Waals surface area contributed by atoms with Crippen LogP contribution in [0, 0.1) is 0 Å². The summed E-state index contributed by atoms with van der Waals surface area (Å²) < 4.78 is 49.0. The molecule has 17 nitrogen and oxygen atoms in total. The molecule has 17 heteroatoms. The van der Waals surface area contributed by atoms with Gasteiger partial charge in [0.1, 0.15) is 48.8 Å². The topological polar surface area (TPSA) is 240 Å². The molecule has 0 unspecified atom stereocenters. The van der Waals surface area contributed by atoms with E-state index in [0.29, 0.717) is 59.5 Å². The lowest BCUT2D eigenvalue weighted by Gasteiger charge is -2.44. The van der Waals surface area contributed by atoms with Crippen molar-refractivity contribution in [1.82, 2.24) is 0 Å². The molecule has 0 bridgehead atoms. The number of aliphatic hydroxyl groups is 6. The van der Waals surface area contributed by atoms with Gasteiger partial charge in [0.25, 0.3) is 0 Å². The fourth-order valence-corrected chi connectivity index (χ4v) is 3.97. The zero-order valence-corrected chi connectivity index (χ0v) is 23.1. The zero-order chi connectivity index (χ0) is 29.9. The summed E-state index contributed by atoms with van der Waals surface area (Å²) in [5, 5.41) is 58.9. The van der Waals surface area contributed by atoms with Gasteiger partial charge in [-0.15, -0.1) is 0 Å². The van der Waals surface area contributed by atoms with E-state index >= 15 is 0 Å². The summed E-state index contributed by atoms with van der Waals surface area (Å²) in [6.45, 7) is 3.35. The van der Waals surface area contributed by atoms with Crippen molar-refractivity contribution >= 4 is 0 Å². The molecule has 41 heavy (non-hydrogen) atoms. The van der Waals surface area contributed by atoms with Crippen molar-refractivity contribution in [2.75, 3.05) is 99.1 Å². The predicted octanol–water partition coefficient (Wildman–Crippen LogP) is -4.72. The first-order valence-corrected chi connectivity index (χ1v) is 13.6. The van der Waals surface area contributed by atoms with Gasteiger partial charge in [-0.2, -0.15) is 0 Å². The number of hydrogen-bond acceptors (Lipinski definition) is 17. The molecule has 0 aromatic heterocycles. The highest BCUT2D eigenvalue weighted by atomic mass is 16.7. The molecule has 0 amide bonds. The summed E-state index contributed by atoms with van der Waals surface area (Å²) in [4.78, 5) is 4.74. The Balaban J connectivity index is 1.57. The summed E-state index contributed by atoms with van der Waals surface area (Å²) in [5.74, 6) is 5.23. The van der Waals surface area contributed by atoms with Crippen LogP contribution < -0.4 is 5.90 Å². The summed E-state index contributed by atoms with van der Waals surface area (Å²) in [7, 11) is 0. The molecule has 2 aliphatic rings. The van der Waals surface area contributed by atoms with Gasteiger partial charge in [0.15, 0.2) is 6.29 Å². The molecule has 9 atom stereocenters. The second-order valence-electron chi connectivity index (χ2n) is 9.20. The van der Waals surface area contributed by atoms with Gasteiger partial charge in [-0.25, -0.2) is 5.90 Å². The van der Waals surface area contributed by atoms with Crippen LogP contribution in [0.5, 0.6) is 0 Å². The smallest absolute Gasteiger partial charge is 0.187 e. The highest BCUT2D eigenvalue weighted by Gasteiger charge is 2.48. The molecule has 0 spiro atoms. The Morgan fingerprint density at radius 3 is 1.61 bits per heavy atom. The Kier molecular flexibility index (Phi) is 19.5. The molecule has 2 heterocycles. The normalized spacial score (nSPS) is 32.4. The third kappa shape index (κ3) is 13.2. The number of rotatable bonds is 23. The maximum absolute atomic E-state index is 10.7. The second-order valence-corrected chi connectivity index (χ2v) is 9.20. The van der Waals surface area contributed by atoms with Gasteiger partial charge in [-0.1, -0.05) is 0 Å². The van der Waals surface area contributed by atoms with Crippen molar-refractivity contribution < 1.29 is 78.1 Å². The second kappa shape index (κ2) is 21.9. The van der Waals surface area contributed by atoms with Crippen molar-refractivity contribution in [3.63, 3.8) is 0 Å². The molecular weight excluding hydrogens is 558 g/mol. The Labute approximate surface area is 238 Å². The van der Waals surface area contributed by atoms with Crippen molar-refractivity contribution in [1.29, 1.82) is 0 Å². The van der Waals surface area contributed by atoms with E-state index in [0.717, 1.165) is 0 Å². The largest absolute Gasteiger partial charge is 0.394 e. The van der Waals surface area contributed by atoms with Crippen LogP contribution in [0.1, 0.15) is 0 Å². The number of aliphatic hydroxyl groups excluding tert-OH is 6. The van der Waals surface area contributed by atoms with Crippen LogP contribution in [-0.2, 0) is 47.5 Å². The summed E-state index contributed by atoms with van der Waals surface area (Å²) >= 11 is 0. The minimum atomic E-state index is -1.66. The quantitative estimate of drug-likeness (QED) is 0.0427. The molecular formula is C24H47NO16. The molecule has 2 aliphatic heterocycles. The maximum atomic E-state index is 10.7. The molecule has 2 saturated heterocycles. The SMILES string of the molecule is NO[C@H]1CO[C@H](COCCOCCOCCOCCOCCOCCO)[C@@H](O[C@H]2O[C@H](CO)[C@@H](O)[C@H](O)[C@H]2O)[C@@H]1O. The van der Waals surface area contributed by atoms with Gasteiger partial charge >= 0.3 is 0 Å². The monoisotopic (exact) mass is 605 g/mol. The standard InChI is InChI=1S/C24H47NO16/c25-41-17-15-38-18(23(20(17)29)40-24-22(31)21(30)19(28)16(13-27)39-24)14-37-12-11-36-10-9-35-8-7-34-6-5-33-4-3-32-2-1-26/h16-24,26-31H,1-15,25H2/t16-,17+,18-,19-,20-,21+,22-,23-,24-/m1/s1. The van der Waals surface area contributed by atoms with Gasteiger partial charge in [-0.3, -0.25) is 4.84 Å². The molecule has 2 fully saturated rings. The highest BCUT2D eigenvalue weighted by Crippen LogP contribution is 2.27. The van der Waals surface area contributed by atoms with E-state index in [9.17, 15) is 25.5 Å². The Hall–Kier alpha value is -0.680. The van der Waals surface area contributed by atoms with Gasteiger partial charge in [-0.05, 0) is 0 Å². The summed E-state index contributed by atoms with van der Waals surface area (Å²) in [5.41, 5.74) is 0. The van der Waals surface area contributed by atoms with Crippen molar-refractivity contribution in [3.05, 3.63) is 0 Å². The third-order valence-electron chi connectivity index (χ3n) is 6.25. The highest BCUT2D eigenvalue weighted by molar-refractivity contribution is 4.93. The lowest BCUT2D eigenvalue weighted by Crippen LogP contribution is -2.63. The predicted molar refractivity (Wildman–Crippen MR) is 135 cm³/mol. The molecule has 2 rings (SSSR count). The molecule has 0 aliphatic carbocycles. The van der Waals surface area contributed by atoms with E-state index in [1.54, 1.807) is 0 Å². The van der Waals surface area contributed by atoms with Crippen LogP contribution in [-0.4, -0.2) is 185 Å². The molecule has 0 saturated carbocycles. The summed E-state index contributed by atoms with van der Waals surface area (Å²) in [6, 6.07) is 0. The van der Waals surface area contributed by atoms with Gasteiger partial charge in [0.2, 0.25) is 0 Å². The van der Waals surface area contributed by atoms with Crippen molar-refractivity contribution in [3.8, 4) is 0 Å². The van der Waals surface area contributed by atoms with E-state index in [-0.39, 0.29) is 33.0 Å². The molecule has 0 aromatic rings. The lowest BCUT2D eigenvalue weighted by molar-refractivity contribution is -0.338. The molecule has 0 aromatic carbocycles. The minimum absolute atomic E-state index is 0.00790. The number of ether oxygens (including phenoxy) is 9. The van der Waals surface area contributed by atoms with Gasteiger partial charge in [0, 0.05) is 0 Å². The van der Waals surface area contributed by atoms with Crippen LogP contribution >= 0.6 is 0 Å². The van der Waals surface area contributed by atoms with Crippen molar-refractivity contribution in [2.24, 2.45) is 5.90 Å². The zero-order valence-electron chi connectivity index (χ0n) is 23.1. The van der Waals surface area contributed by atoms with Crippen LogP contribution in [0.3, 0.4) is 0 Å². The van der Waals surface area contributed by atoms with Gasteiger partial charge < -0.3 is 73.3 Å². The van der Waals surface area contributed by atoms with Crippen LogP contribution in [0.25, 0.3) is 0 Å². The average molecular weight is 606 g/mol. The molecule has 8 N–H and O–H groups in total. The fraction of sp³-hybridized carbons (Fsp3) is 1.00. The van der Waals surface area contributed by atoms with E-state index in [4.69, 9.17) is 58.5 Å². The average Bonchev–Trinajstić information content (AvgIpc) is 2.98. The first-order chi connectivity index (χ1) is 19.9.